The van der Waals surface area contributed by atoms with Crippen molar-refractivity contribution >= 4 is 11.8 Å². The number of carbonyl (C=O) groups is 1. The van der Waals surface area contributed by atoms with Crippen LogP contribution < -0.4 is 9.64 Å². The van der Waals surface area contributed by atoms with Crippen molar-refractivity contribution < 1.29 is 14.6 Å². The average molecular weight is 313 g/mol. The lowest BCUT2D eigenvalue weighted by Crippen LogP contribution is -2.29. The van der Waals surface area contributed by atoms with E-state index in [0.717, 1.165) is 17.5 Å². The highest BCUT2D eigenvalue weighted by Gasteiger charge is 2.16. The van der Waals surface area contributed by atoms with E-state index in [0.29, 0.717) is 18.0 Å². The number of carboxylic acid groups (broad SMARTS) is 1. The third-order valence-electron chi connectivity index (χ3n) is 3.40. The Labute approximate surface area is 137 Å². The molecule has 4 heteroatoms. The van der Waals surface area contributed by atoms with Gasteiger partial charge in [-0.05, 0) is 38.0 Å². The highest BCUT2D eigenvalue weighted by Crippen LogP contribution is 2.34. The van der Waals surface area contributed by atoms with Gasteiger partial charge in [0.05, 0.1) is 11.8 Å². The summed E-state index contributed by atoms with van der Waals surface area (Å²) in [6.07, 6.45) is -0.181. The molecule has 1 amide bonds. The SMILES string of the molecule is CCCN(C(=O)O)c1ccc(-c2ccccc2)c(OC(C)C)c1. The summed E-state index contributed by atoms with van der Waals surface area (Å²) in [6, 6.07) is 15.5. The van der Waals surface area contributed by atoms with Gasteiger partial charge in [-0.15, -0.1) is 0 Å². The fraction of sp³-hybridized carbons (Fsp3) is 0.316. The molecule has 4 nitrogen and oxygen atoms in total. The summed E-state index contributed by atoms with van der Waals surface area (Å²) in [7, 11) is 0. The highest BCUT2D eigenvalue weighted by atomic mass is 16.5. The fourth-order valence-corrected chi connectivity index (χ4v) is 2.45. The topological polar surface area (TPSA) is 49.8 Å². The lowest BCUT2D eigenvalue weighted by molar-refractivity contribution is 0.201. The van der Waals surface area contributed by atoms with Crippen LogP contribution in [-0.2, 0) is 0 Å². The second-order valence-corrected chi connectivity index (χ2v) is 5.65. The third-order valence-corrected chi connectivity index (χ3v) is 3.40. The normalized spacial score (nSPS) is 10.6. The summed E-state index contributed by atoms with van der Waals surface area (Å²) in [5.74, 6) is 0.700. The van der Waals surface area contributed by atoms with Crippen molar-refractivity contribution in [2.45, 2.75) is 33.3 Å². The minimum atomic E-state index is -0.949. The lowest BCUT2D eigenvalue weighted by atomic mass is 10.0. The van der Waals surface area contributed by atoms with E-state index in [9.17, 15) is 9.90 Å². The molecule has 0 atom stereocenters. The number of amides is 1. The van der Waals surface area contributed by atoms with Gasteiger partial charge in [-0.3, -0.25) is 4.90 Å². The molecule has 1 N–H and O–H groups in total. The van der Waals surface area contributed by atoms with E-state index in [1.54, 1.807) is 0 Å². The average Bonchev–Trinajstić information content (AvgIpc) is 2.52. The van der Waals surface area contributed by atoms with Crippen molar-refractivity contribution in [2.24, 2.45) is 0 Å². The van der Waals surface area contributed by atoms with E-state index in [1.807, 2.05) is 69.3 Å². The molecule has 0 spiro atoms. The molecule has 2 aromatic rings. The Morgan fingerprint density at radius 1 is 1.17 bits per heavy atom. The molecule has 0 aromatic heterocycles. The zero-order valence-electron chi connectivity index (χ0n) is 13.8. The Morgan fingerprint density at radius 2 is 1.87 bits per heavy atom. The molecule has 2 aromatic carbocycles. The minimum Gasteiger partial charge on any atom is -0.490 e. The Balaban J connectivity index is 2.47. The fourth-order valence-electron chi connectivity index (χ4n) is 2.45. The largest absolute Gasteiger partial charge is 0.490 e. The van der Waals surface area contributed by atoms with Crippen molar-refractivity contribution in [3.05, 3.63) is 48.5 Å². The van der Waals surface area contributed by atoms with Gasteiger partial charge in [0.1, 0.15) is 5.75 Å². The number of hydrogen-bond donors (Lipinski definition) is 1. The summed E-state index contributed by atoms with van der Waals surface area (Å²) < 4.78 is 5.93. The first-order valence-corrected chi connectivity index (χ1v) is 7.89. The van der Waals surface area contributed by atoms with Gasteiger partial charge >= 0.3 is 6.09 Å². The van der Waals surface area contributed by atoms with Crippen molar-refractivity contribution in [1.82, 2.24) is 0 Å². The second-order valence-electron chi connectivity index (χ2n) is 5.65. The van der Waals surface area contributed by atoms with Crippen molar-refractivity contribution in [3.63, 3.8) is 0 Å². The van der Waals surface area contributed by atoms with Gasteiger partial charge in [0.15, 0.2) is 0 Å². The zero-order chi connectivity index (χ0) is 16.8. The molecule has 0 saturated carbocycles. The standard InChI is InChI=1S/C19H23NO3/c1-4-12-20(19(21)22)16-10-11-17(15-8-6-5-7-9-15)18(13-16)23-14(2)3/h5-11,13-14H,4,12H2,1-3H3,(H,21,22). The van der Waals surface area contributed by atoms with E-state index in [-0.39, 0.29) is 6.10 Å². The van der Waals surface area contributed by atoms with Gasteiger partial charge < -0.3 is 9.84 Å². The third kappa shape index (κ3) is 4.25. The maximum absolute atomic E-state index is 11.5. The summed E-state index contributed by atoms with van der Waals surface area (Å²) >= 11 is 0. The smallest absolute Gasteiger partial charge is 0.411 e. The van der Waals surface area contributed by atoms with Crippen LogP contribution in [0.1, 0.15) is 27.2 Å². The van der Waals surface area contributed by atoms with E-state index < -0.39 is 6.09 Å². The first kappa shape index (κ1) is 16.9. The number of ether oxygens (including phenoxy) is 1. The lowest BCUT2D eigenvalue weighted by Gasteiger charge is -2.21. The molecule has 0 saturated heterocycles. The first-order valence-electron chi connectivity index (χ1n) is 7.89. The van der Waals surface area contributed by atoms with Gasteiger partial charge in [0.2, 0.25) is 0 Å². The molecular formula is C19H23NO3. The predicted octanol–water partition coefficient (Wildman–Crippen LogP) is 5.04. The molecule has 23 heavy (non-hydrogen) atoms. The van der Waals surface area contributed by atoms with Crippen LogP contribution in [0, 0.1) is 0 Å². The molecule has 2 rings (SSSR count). The Hall–Kier alpha value is -2.49. The van der Waals surface area contributed by atoms with Crippen LogP contribution >= 0.6 is 0 Å². The quantitative estimate of drug-likeness (QED) is 0.813. The Kier molecular flexibility index (Phi) is 5.63. The summed E-state index contributed by atoms with van der Waals surface area (Å²) in [4.78, 5) is 12.8. The van der Waals surface area contributed by atoms with Crippen molar-refractivity contribution in [2.75, 3.05) is 11.4 Å². The molecule has 0 aliphatic carbocycles. The number of hydrogen-bond acceptors (Lipinski definition) is 2. The van der Waals surface area contributed by atoms with E-state index in [4.69, 9.17) is 4.74 Å². The van der Waals surface area contributed by atoms with Crippen LogP contribution in [0.5, 0.6) is 5.75 Å². The molecule has 0 radical (unpaired) electrons. The van der Waals surface area contributed by atoms with Crippen LogP contribution in [-0.4, -0.2) is 23.8 Å². The number of anilines is 1. The maximum Gasteiger partial charge on any atom is 0.411 e. The van der Waals surface area contributed by atoms with Crippen LogP contribution in [0.3, 0.4) is 0 Å². The number of rotatable bonds is 6. The Bertz CT molecular complexity index is 653. The molecule has 0 heterocycles. The summed E-state index contributed by atoms with van der Waals surface area (Å²) in [5, 5.41) is 9.40. The number of nitrogens with zero attached hydrogens (tertiary/aromatic N) is 1. The van der Waals surface area contributed by atoms with E-state index >= 15 is 0 Å². The van der Waals surface area contributed by atoms with E-state index in [2.05, 4.69) is 0 Å². The van der Waals surface area contributed by atoms with Crippen molar-refractivity contribution in [1.29, 1.82) is 0 Å². The first-order chi connectivity index (χ1) is 11.0. The molecule has 0 aliphatic heterocycles. The maximum atomic E-state index is 11.5. The monoisotopic (exact) mass is 313 g/mol. The molecule has 0 fully saturated rings. The molecule has 0 unspecified atom stereocenters. The van der Waals surface area contributed by atoms with Gasteiger partial charge in [0.25, 0.3) is 0 Å². The van der Waals surface area contributed by atoms with Crippen LogP contribution in [0.2, 0.25) is 0 Å². The van der Waals surface area contributed by atoms with Gasteiger partial charge in [0, 0.05) is 18.2 Å². The van der Waals surface area contributed by atoms with Crippen LogP contribution in [0.25, 0.3) is 11.1 Å². The van der Waals surface area contributed by atoms with Crippen LogP contribution in [0.15, 0.2) is 48.5 Å². The molecule has 0 bridgehead atoms. The summed E-state index contributed by atoms with van der Waals surface area (Å²) in [5.41, 5.74) is 2.65. The Morgan fingerprint density at radius 3 is 2.43 bits per heavy atom. The summed E-state index contributed by atoms with van der Waals surface area (Å²) in [6.45, 7) is 6.34. The predicted molar refractivity (Wildman–Crippen MR) is 93.3 cm³/mol. The molecule has 122 valence electrons. The highest BCUT2D eigenvalue weighted by molar-refractivity contribution is 5.87. The molecule has 0 aliphatic rings. The van der Waals surface area contributed by atoms with Gasteiger partial charge in [-0.25, -0.2) is 4.79 Å². The second kappa shape index (κ2) is 7.68. The van der Waals surface area contributed by atoms with Crippen molar-refractivity contribution in [3.8, 4) is 16.9 Å². The van der Waals surface area contributed by atoms with E-state index in [1.165, 1.54) is 4.90 Å². The van der Waals surface area contributed by atoms with Gasteiger partial charge in [-0.1, -0.05) is 37.3 Å². The number of benzene rings is 2. The van der Waals surface area contributed by atoms with Crippen LogP contribution in [0.4, 0.5) is 10.5 Å². The van der Waals surface area contributed by atoms with Gasteiger partial charge in [-0.2, -0.15) is 0 Å². The minimum absolute atomic E-state index is 0.0113. The zero-order valence-corrected chi connectivity index (χ0v) is 13.8. The molecular weight excluding hydrogens is 290 g/mol.